The molecule has 2 aromatic heterocycles. The fourth-order valence-corrected chi connectivity index (χ4v) is 3.07. The molecule has 3 aromatic rings. The van der Waals surface area contributed by atoms with Crippen LogP contribution in [0.1, 0.15) is 36.8 Å². The Hall–Kier alpha value is -2.89. The molecular formula is C20H21FN2O3. The number of carbonyl (C=O) groups is 1. The highest BCUT2D eigenvalue weighted by Gasteiger charge is 2.25. The first-order valence-corrected chi connectivity index (χ1v) is 8.51. The Bertz CT molecular complexity index is 975. The highest BCUT2D eigenvalue weighted by atomic mass is 19.1. The Morgan fingerprint density at radius 1 is 1.31 bits per heavy atom. The van der Waals surface area contributed by atoms with E-state index in [9.17, 15) is 14.3 Å². The van der Waals surface area contributed by atoms with Crippen LogP contribution in [0.5, 0.6) is 5.75 Å². The molecule has 2 heterocycles. The van der Waals surface area contributed by atoms with Gasteiger partial charge in [0.1, 0.15) is 11.3 Å². The van der Waals surface area contributed by atoms with E-state index in [1.54, 1.807) is 23.7 Å². The molecule has 0 aliphatic rings. The molecule has 136 valence electrons. The van der Waals surface area contributed by atoms with Crippen molar-refractivity contribution in [2.45, 2.75) is 33.3 Å². The minimum atomic E-state index is -1.07. The molecule has 0 amide bonds. The maximum Gasteiger partial charge on any atom is 0.356 e. The number of aryl methyl sites for hydroxylation is 2. The number of aromatic carboxylic acids is 1. The monoisotopic (exact) mass is 356 g/mol. The predicted molar refractivity (Wildman–Crippen MR) is 98.2 cm³/mol. The SMILES string of the molecule is CCc1cc2c(nc1-c1ccc(F)cc1)c(OC(C)C)c(C(=O)O)n2C. The first-order chi connectivity index (χ1) is 12.3. The van der Waals surface area contributed by atoms with Crippen LogP contribution in [0.2, 0.25) is 0 Å². The van der Waals surface area contributed by atoms with Gasteiger partial charge in [-0.3, -0.25) is 0 Å². The first-order valence-electron chi connectivity index (χ1n) is 8.51. The summed E-state index contributed by atoms with van der Waals surface area (Å²) < 4.78 is 20.7. The molecule has 0 spiro atoms. The minimum absolute atomic E-state index is 0.0690. The van der Waals surface area contributed by atoms with Gasteiger partial charge in [-0.25, -0.2) is 14.2 Å². The molecule has 0 aliphatic carbocycles. The smallest absolute Gasteiger partial charge is 0.356 e. The molecule has 0 radical (unpaired) electrons. The maximum absolute atomic E-state index is 13.3. The Kier molecular flexibility index (Phi) is 4.68. The zero-order valence-corrected chi connectivity index (χ0v) is 15.2. The maximum atomic E-state index is 13.3. The van der Waals surface area contributed by atoms with Gasteiger partial charge >= 0.3 is 5.97 Å². The number of carboxylic acid groups (broad SMARTS) is 1. The number of rotatable bonds is 5. The largest absolute Gasteiger partial charge is 0.486 e. The molecule has 0 fully saturated rings. The van der Waals surface area contributed by atoms with Crippen molar-refractivity contribution in [3.05, 3.63) is 47.4 Å². The van der Waals surface area contributed by atoms with E-state index >= 15 is 0 Å². The van der Waals surface area contributed by atoms with Gasteiger partial charge in [0.2, 0.25) is 0 Å². The first kappa shape index (κ1) is 17.9. The summed E-state index contributed by atoms with van der Waals surface area (Å²) in [4.78, 5) is 16.5. The van der Waals surface area contributed by atoms with E-state index in [2.05, 4.69) is 0 Å². The Morgan fingerprint density at radius 3 is 2.50 bits per heavy atom. The van der Waals surface area contributed by atoms with Gasteiger partial charge in [-0.15, -0.1) is 0 Å². The number of fused-ring (bicyclic) bond motifs is 1. The van der Waals surface area contributed by atoms with Gasteiger partial charge in [0, 0.05) is 12.6 Å². The van der Waals surface area contributed by atoms with Crippen molar-refractivity contribution in [2.75, 3.05) is 0 Å². The quantitative estimate of drug-likeness (QED) is 0.735. The van der Waals surface area contributed by atoms with Gasteiger partial charge in [0.25, 0.3) is 0 Å². The lowest BCUT2D eigenvalue weighted by molar-refractivity contribution is 0.0680. The molecule has 0 bridgehead atoms. The summed E-state index contributed by atoms with van der Waals surface area (Å²) in [5.74, 6) is -1.12. The summed E-state index contributed by atoms with van der Waals surface area (Å²) in [6.07, 6.45) is 0.518. The third-order valence-electron chi connectivity index (χ3n) is 4.26. The van der Waals surface area contributed by atoms with Crippen LogP contribution in [-0.2, 0) is 13.5 Å². The molecule has 6 heteroatoms. The lowest BCUT2D eigenvalue weighted by Crippen LogP contribution is -2.11. The van der Waals surface area contributed by atoms with E-state index in [1.807, 2.05) is 26.8 Å². The molecule has 0 unspecified atom stereocenters. The van der Waals surface area contributed by atoms with E-state index in [4.69, 9.17) is 9.72 Å². The lowest BCUT2D eigenvalue weighted by atomic mass is 10.0. The fourth-order valence-electron chi connectivity index (χ4n) is 3.07. The zero-order valence-electron chi connectivity index (χ0n) is 15.2. The van der Waals surface area contributed by atoms with E-state index < -0.39 is 5.97 Å². The molecule has 26 heavy (non-hydrogen) atoms. The summed E-state index contributed by atoms with van der Waals surface area (Å²) in [5.41, 5.74) is 3.70. The van der Waals surface area contributed by atoms with Crippen molar-refractivity contribution in [1.82, 2.24) is 9.55 Å². The van der Waals surface area contributed by atoms with Gasteiger partial charge in [-0.05, 0) is 56.2 Å². The normalized spacial score (nSPS) is 11.3. The number of hydrogen-bond donors (Lipinski definition) is 1. The van der Waals surface area contributed by atoms with Crippen LogP contribution in [-0.4, -0.2) is 26.7 Å². The zero-order chi connectivity index (χ0) is 19.0. The standard InChI is InChI=1S/C20H21FN2O3/c1-5-12-10-15-17(22-16(12)13-6-8-14(21)9-7-13)19(26-11(2)3)18(20(24)25)23(15)4/h6-11H,5H2,1-4H3,(H,24,25). The van der Waals surface area contributed by atoms with Crippen molar-refractivity contribution < 1.29 is 19.0 Å². The van der Waals surface area contributed by atoms with E-state index in [0.717, 1.165) is 11.1 Å². The third-order valence-corrected chi connectivity index (χ3v) is 4.26. The third kappa shape index (κ3) is 3.03. The number of benzene rings is 1. The number of ether oxygens (including phenoxy) is 1. The molecule has 5 nitrogen and oxygen atoms in total. The summed E-state index contributed by atoms with van der Waals surface area (Å²) in [5, 5.41) is 9.63. The van der Waals surface area contributed by atoms with Gasteiger partial charge in [-0.2, -0.15) is 0 Å². The molecule has 0 aliphatic heterocycles. The molecule has 0 saturated carbocycles. The molecule has 3 rings (SSSR count). The van der Waals surface area contributed by atoms with Crippen molar-refractivity contribution in [1.29, 1.82) is 0 Å². The second kappa shape index (κ2) is 6.78. The second-order valence-corrected chi connectivity index (χ2v) is 6.43. The van der Waals surface area contributed by atoms with Gasteiger partial charge in [0.05, 0.1) is 17.3 Å². The number of carboxylic acids is 1. The van der Waals surface area contributed by atoms with E-state index in [0.29, 0.717) is 23.1 Å². The number of aromatic nitrogens is 2. The number of hydrogen-bond acceptors (Lipinski definition) is 3. The summed E-state index contributed by atoms with van der Waals surface area (Å²) in [7, 11) is 1.69. The van der Waals surface area contributed by atoms with Crippen LogP contribution in [0, 0.1) is 5.82 Å². The molecular weight excluding hydrogens is 335 g/mol. The van der Waals surface area contributed by atoms with Crippen LogP contribution in [0.3, 0.4) is 0 Å². The molecule has 1 aromatic carbocycles. The van der Waals surface area contributed by atoms with Crippen LogP contribution in [0.25, 0.3) is 22.3 Å². The van der Waals surface area contributed by atoms with Crippen LogP contribution < -0.4 is 4.74 Å². The Balaban J connectivity index is 2.34. The lowest BCUT2D eigenvalue weighted by Gasteiger charge is -2.11. The van der Waals surface area contributed by atoms with E-state index in [1.165, 1.54) is 12.1 Å². The average Bonchev–Trinajstić information content (AvgIpc) is 2.85. The minimum Gasteiger partial charge on any atom is -0.486 e. The van der Waals surface area contributed by atoms with Gasteiger partial charge in [0.15, 0.2) is 11.4 Å². The Morgan fingerprint density at radius 2 is 1.96 bits per heavy atom. The number of nitrogens with zero attached hydrogens (tertiary/aromatic N) is 2. The van der Waals surface area contributed by atoms with Gasteiger partial charge < -0.3 is 14.4 Å². The topological polar surface area (TPSA) is 64.3 Å². The second-order valence-electron chi connectivity index (χ2n) is 6.43. The number of pyridine rings is 1. The van der Waals surface area contributed by atoms with Crippen LogP contribution in [0.15, 0.2) is 30.3 Å². The van der Waals surface area contributed by atoms with Crippen molar-refractivity contribution >= 4 is 17.0 Å². The summed E-state index contributed by atoms with van der Waals surface area (Å²) in [6, 6.07) is 8.06. The average molecular weight is 356 g/mol. The van der Waals surface area contributed by atoms with E-state index in [-0.39, 0.29) is 23.4 Å². The summed E-state index contributed by atoms with van der Waals surface area (Å²) >= 11 is 0. The molecule has 0 atom stereocenters. The highest BCUT2D eigenvalue weighted by Crippen LogP contribution is 2.36. The van der Waals surface area contributed by atoms with Crippen LogP contribution in [0.4, 0.5) is 4.39 Å². The predicted octanol–water partition coefficient (Wildman–Crippen LogP) is 4.43. The van der Waals surface area contributed by atoms with Crippen molar-refractivity contribution in [2.24, 2.45) is 7.05 Å². The molecule has 0 saturated heterocycles. The van der Waals surface area contributed by atoms with Crippen molar-refractivity contribution in [3.8, 4) is 17.0 Å². The van der Waals surface area contributed by atoms with Crippen molar-refractivity contribution in [3.63, 3.8) is 0 Å². The van der Waals surface area contributed by atoms with Gasteiger partial charge in [-0.1, -0.05) is 6.92 Å². The van der Waals surface area contributed by atoms with Crippen LogP contribution >= 0.6 is 0 Å². The highest BCUT2D eigenvalue weighted by molar-refractivity contribution is 6.00. The Labute approximate surface area is 151 Å². The summed E-state index contributed by atoms with van der Waals surface area (Å²) in [6.45, 7) is 5.68. The number of halogens is 1. The fraction of sp³-hybridized carbons (Fsp3) is 0.300. The molecule has 1 N–H and O–H groups in total.